The van der Waals surface area contributed by atoms with Crippen LogP contribution in [0.15, 0.2) is 69.5 Å². The van der Waals surface area contributed by atoms with Gasteiger partial charge in [0, 0.05) is 17.1 Å². The number of hydrogen-bond donors (Lipinski definition) is 1. The molecule has 8 nitrogen and oxygen atoms in total. The number of nitrogens with one attached hydrogen (secondary N) is 1. The molecular formula is C20H15N5O3S. The average Bonchev–Trinajstić information content (AvgIpc) is 3.50. The molecule has 5 heterocycles. The molecule has 0 radical (unpaired) electrons. The van der Waals surface area contributed by atoms with Crippen molar-refractivity contribution < 1.29 is 9.21 Å². The highest BCUT2D eigenvalue weighted by molar-refractivity contribution is 7.09. The Hall–Kier alpha value is -3.72. The number of carbonyl (C=O) groups is 1. The molecule has 5 aromatic rings. The molecular weight excluding hydrogens is 390 g/mol. The summed E-state index contributed by atoms with van der Waals surface area (Å²) in [6.45, 7) is 0.323. The van der Waals surface area contributed by atoms with Crippen molar-refractivity contribution in [3.05, 3.63) is 75.5 Å². The first-order valence-electron chi connectivity index (χ1n) is 8.91. The summed E-state index contributed by atoms with van der Waals surface area (Å²) in [4.78, 5) is 31.1. The summed E-state index contributed by atoms with van der Waals surface area (Å²) in [6, 6.07) is 12.5. The van der Waals surface area contributed by atoms with Gasteiger partial charge in [-0.3, -0.25) is 14.2 Å². The number of thiophene rings is 1. The third kappa shape index (κ3) is 3.11. The number of furan rings is 1. The van der Waals surface area contributed by atoms with Crippen molar-refractivity contribution in [2.24, 2.45) is 0 Å². The quantitative estimate of drug-likeness (QED) is 0.485. The Morgan fingerprint density at radius 2 is 2.10 bits per heavy atom. The molecule has 1 N–H and O–H groups in total. The van der Waals surface area contributed by atoms with E-state index < -0.39 is 0 Å². The molecule has 0 aliphatic rings. The summed E-state index contributed by atoms with van der Waals surface area (Å²) in [6.07, 6.45) is 3.17. The van der Waals surface area contributed by atoms with Gasteiger partial charge in [0.05, 0.1) is 18.3 Å². The van der Waals surface area contributed by atoms with Gasteiger partial charge in [-0.05, 0) is 35.7 Å². The van der Waals surface area contributed by atoms with Crippen molar-refractivity contribution in [2.45, 2.75) is 13.1 Å². The van der Waals surface area contributed by atoms with E-state index in [4.69, 9.17) is 4.42 Å². The van der Waals surface area contributed by atoms with Gasteiger partial charge in [-0.25, -0.2) is 9.50 Å². The molecule has 0 bridgehead atoms. The number of amides is 1. The van der Waals surface area contributed by atoms with Gasteiger partial charge in [0.2, 0.25) is 5.91 Å². The molecule has 0 saturated heterocycles. The zero-order valence-electron chi connectivity index (χ0n) is 15.1. The number of rotatable bonds is 5. The van der Waals surface area contributed by atoms with Crippen molar-refractivity contribution in [1.82, 2.24) is 24.5 Å². The Bertz CT molecular complexity index is 1370. The minimum Gasteiger partial charge on any atom is -0.463 e. The number of nitrogens with zero attached hydrogens (tertiary/aromatic N) is 4. The molecule has 0 saturated carbocycles. The van der Waals surface area contributed by atoms with Gasteiger partial charge in [-0.15, -0.1) is 11.3 Å². The predicted molar refractivity (Wildman–Crippen MR) is 109 cm³/mol. The molecule has 0 atom stereocenters. The maximum absolute atomic E-state index is 13.2. The fourth-order valence-corrected chi connectivity index (χ4v) is 3.85. The molecule has 0 unspecified atom stereocenters. The van der Waals surface area contributed by atoms with Crippen LogP contribution < -0.4 is 10.9 Å². The maximum Gasteiger partial charge on any atom is 0.277 e. The number of aromatic nitrogens is 4. The van der Waals surface area contributed by atoms with Crippen LogP contribution in [0.2, 0.25) is 0 Å². The average molecular weight is 405 g/mol. The summed E-state index contributed by atoms with van der Waals surface area (Å²) < 4.78 is 8.32. The highest BCUT2D eigenvalue weighted by atomic mass is 32.1. The molecule has 9 heteroatoms. The Morgan fingerprint density at radius 3 is 2.90 bits per heavy atom. The third-order valence-corrected chi connectivity index (χ3v) is 5.42. The normalized spacial score (nSPS) is 11.3. The van der Waals surface area contributed by atoms with E-state index in [9.17, 15) is 9.59 Å². The second-order valence-electron chi connectivity index (χ2n) is 6.40. The lowest BCUT2D eigenvalue weighted by molar-refractivity contribution is -0.121. The third-order valence-electron chi connectivity index (χ3n) is 4.55. The van der Waals surface area contributed by atoms with E-state index in [2.05, 4.69) is 15.4 Å². The van der Waals surface area contributed by atoms with Crippen molar-refractivity contribution in [2.75, 3.05) is 0 Å². The molecule has 0 fully saturated rings. The number of pyridine rings is 1. The van der Waals surface area contributed by atoms with Crippen LogP contribution in [-0.2, 0) is 17.9 Å². The smallest absolute Gasteiger partial charge is 0.277 e. The number of hydrogen-bond acceptors (Lipinski definition) is 6. The van der Waals surface area contributed by atoms with Gasteiger partial charge in [0.1, 0.15) is 17.8 Å². The molecule has 0 aromatic carbocycles. The summed E-state index contributed by atoms with van der Waals surface area (Å²) in [5.74, 6) is 0.304. The molecule has 1 amide bonds. The zero-order valence-corrected chi connectivity index (χ0v) is 15.9. The first-order valence-corrected chi connectivity index (χ1v) is 9.79. The maximum atomic E-state index is 13.2. The summed E-state index contributed by atoms with van der Waals surface area (Å²) in [5, 5.41) is 9.29. The molecule has 5 aromatic heterocycles. The van der Waals surface area contributed by atoms with E-state index in [1.54, 1.807) is 54.1 Å². The van der Waals surface area contributed by atoms with Crippen LogP contribution in [0, 0.1) is 0 Å². The fourth-order valence-electron chi connectivity index (χ4n) is 3.20. The van der Waals surface area contributed by atoms with Crippen LogP contribution in [0.5, 0.6) is 0 Å². The van der Waals surface area contributed by atoms with Gasteiger partial charge >= 0.3 is 0 Å². The van der Waals surface area contributed by atoms with Crippen molar-refractivity contribution >= 4 is 33.9 Å². The first kappa shape index (κ1) is 17.4. The minimum absolute atomic E-state index is 0.107. The minimum atomic E-state index is -0.318. The standard InChI is InChI=1S/C20H15N5O3S/c26-18(22-11-13-4-3-9-29-13)12-24-15-5-1-7-21-19(15)25-16(20(24)27)10-14(23-25)17-6-2-8-28-17/h1-10H,11-12H2,(H,22,26). The van der Waals surface area contributed by atoms with Gasteiger partial charge in [0.25, 0.3) is 5.56 Å². The Morgan fingerprint density at radius 1 is 1.17 bits per heavy atom. The van der Waals surface area contributed by atoms with E-state index >= 15 is 0 Å². The van der Waals surface area contributed by atoms with Crippen LogP contribution in [-0.4, -0.2) is 25.1 Å². The monoisotopic (exact) mass is 405 g/mol. The Balaban J connectivity index is 1.57. The Labute approximate surface area is 168 Å². The lowest BCUT2D eigenvalue weighted by Gasteiger charge is -2.11. The molecule has 5 rings (SSSR count). The SMILES string of the molecule is O=C(Cn1c(=O)c2cc(-c3ccco3)nn2c2ncccc21)NCc1cccs1. The highest BCUT2D eigenvalue weighted by Gasteiger charge is 2.17. The largest absolute Gasteiger partial charge is 0.463 e. The lowest BCUT2D eigenvalue weighted by Crippen LogP contribution is -2.33. The molecule has 0 aliphatic heterocycles. The van der Waals surface area contributed by atoms with Crippen LogP contribution in [0.1, 0.15) is 4.88 Å². The highest BCUT2D eigenvalue weighted by Crippen LogP contribution is 2.21. The van der Waals surface area contributed by atoms with E-state index in [0.717, 1.165) is 4.88 Å². The van der Waals surface area contributed by atoms with Crippen LogP contribution in [0.25, 0.3) is 28.1 Å². The van der Waals surface area contributed by atoms with E-state index in [1.165, 1.54) is 9.08 Å². The van der Waals surface area contributed by atoms with Crippen molar-refractivity contribution in [3.8, 4) is 11.5 Å². The molecule has 0 spiro atoms. The molecule has 0 aliphatic carbocycles. The molecule has 29 heavy (non-hydrogen) atoms. The fraction of sp³-hybridized carbons (Fsp3) is 0.100. The van der Waals surface area contributed by atoms with Gasteiger partial charge < -0.3 is 9.73 Å². The topological polar surface area (TPSA) is 94.4 Å². The van der Waals surface area contributed by atoms with E-state index in [0.29, 0.717) is 34.7 Å². The summed E-state index contributed by atoms with van der Waals surface area (Å²) in [7, 11) is 0. The summed E-state index contributed by atoms with van der Waals surface area (Å²) >= 11 is 1.57. The van der Waals surface area contributed by atoms with Crippen molar-refractivity contribution in [1.29, 1.82) is 0 Å². The zero-order chi connectivity index (χ0) is 19.8. The van der Waals surface area contributed by atoms with E-state index in [-0.39, 0.29) is 18.0 Å². The van der Waals surface area contributed by atoms with E-state index in [1.807, 2.05) is 17.5 Å². The summed E-state index contributed by atoms with van der Waals surface area (Å²) in [5.41, 5.74) is 1.56. The molecule has 144 valence electrons. The number of fused-ring (bicyclic) bond motifs is 3. The predicted octanol–water partition coefficient (Wildman–Crippen LogP) is 2.68. The van der Waals surface area contributed by atoms with Crippen LogP contribution in [0.3, 0.4) is 0 Å². The first-order chi connectivity index (χ1) is 14.2. The van der Waals surface area contributed by atoms with Crippen molar-refractivity contribution in [3.63, 3.8) is 0 Å². The van der Waals surface area contributed by atoms with Gasteiger partial charge in [0.15, 0.2) is 11.4 Å². The number of carbonyl (C=O) groups excluding carboxylic acids is 1. The lowest BCUT2D eigenvalue weighted by atomic mass is 10.3. The second-order valence-corrected chi connectivity index (χ2v) is 7.43. The van der Waals surface area contributed by atoms with Crippen LogP contribution >= 0.6 is 11.3 Å². The van der Waals surface area contributed by atoms with Gasteiger partial charge in [-0.2, -0.15) is 5.10 Å². The second kappa shape index (κ2) is 7.02. The van der Waals surface area contributed by atoms with Gasteiger partial charge in [-0.1, -0.05) is 6.07 Å². The Kier molecular flexibility index (Phi) is 4.21. The van der Waals surface area contributed by atoms with Crippen LogP contribution in [0.4, 0.5) is 0 Å².